The van der Waals surface area contributed by atoms with Gasteiger partial charge in [0.1, 0.15) is 5.75 Å². The lowest BCUT2D eigenvalue weighted by molar-refractivity contribution is -0.115. The van der Waals surface area contributed by atoms with Crippen LogP contribution in [0.3, 0.4) is 0 Å². The number of nitrogens with zero attached hydrogens (tertiary/aromatic N) is 1. The molecule has 0 bridgehead atoms. The number of nitrogens with one attached hydrogen (secondary N) is 1. The Hall–Kier alpha value is -2.56. The normalized spacial score (nSPS) is 11.3. The third-order valence-electron chi connectivity index (χ3n) is 4.61. The molecule has 1 heterocycles. The van der Waals surface area contributed by atoms with E-state index in [0.29, 0.717) is 27.2 Å². The molecule has 4 nitrogen and oxygen atoms in total. The molecule has 156 valence electrons. The second-order valence-corrected chi connectivity index (χ2v) is 9.00. The number of carbonyl (C=O) groups excluding carboxylic acids is 1. The minimum Gasteiger partial charge on any atom is -0.454 e. The van der Waals surface area contributed by atoms with Crippen molar-refractivity contribution in [2.45, 2.75) is 39.5 Å². The van der Waals surface area contributed by atoms with E-state index in [2.05, 4.69) is 38.0 Å². The summed E-state index contributed by atoms with van der Waals surface area (Å²) in [6.45, 7) is 8.54. The Kier molecular flexibility index (Phi) is 6.69. The van der Waals surface area contributed by atoms with Crippen molar-refractivity contribution in [2.24, 2.45) is 0 Å². The van der Waals surface area contributed by atoms with E-state index in [1.807, 2.05) is 24.3 Å². The quantitative estimate of drug-likeness (QED) is 0.463. The van der Waals surface area contributed by atoms with Crippen LogP contribution in [0, 0.1) is 6.92 Å². The lowest BCUT2D eigenvalue weighted by Gasteiger charge is -2.22. The van der Waals surface area contributed by atoms with Gasteiger partial charge in [0.15, 0.2) is 5.75 Å². The van der Waals surface area contributed by atoms with E-state index < -0.39 is 0 Å². The Morgan fingerprint density at radius 3 is 2.40 bits per heavy atom. The average molecular weight is 443 g/mol. The molecule has 0 aliphatic carbocycles. The summed E-state index contributed by atoms with van der Waals surface area (Å²) in [4.78, 5) is 16.3. The van der Waals surface area contributed by atoms with Gasteiger partial charge in [-0.05, 0) is 59.4 Å². The zero-order chi connectivity index (χ0) is 21.9. The second-order valence-electron chi connectivity index (χ2n) is 8.18. The molecule has 0 unspecified atom stereocenters. The zero-order valence-electron chi connectivity index (χ0n) is 17.4. The molecule has 0 spiro atoms. The first-order valence-corrected chi connectivity index (χ1v) is 10.4. The molecular weight excluding hydrogens is 419 g/mol. The molecule has 0 saturated heterocycles. The number of hydrogen-bond donors (Lipinski definition) is 1. The second kappa shape index (κ2) is 9.07. The van der Waals surface area contributed by atoms with Gasteiger partial charge in [-0.2, -0.15) is 0 Å². The molecule has 0 aliphatic rings. The van der Waals surface area contributed by atoms with Gasteiger partial charge < -0.3 is 10.1 Å². The van der Waals surface area contributed by atoms with Crippen molar-refractivity contribution in [3.63, 3.8) is 0 Å². The number of aromatic nitrogens is 1. The fourth-order valence-corrected chi connectivity index (χ4v) is 3.78. The van der Waals surface area contributed by atoms with E-state index in [9.17, 15) is 4.79 Å². The summed E-state index contributed by atoms with van der Waals surface area (Å²) < 4.78 is 6.00. The molecule has 3 rings (SSSR count). The number of carbonyl (C=O) groups is 1. The number of ether oxygens (including phenoxy) is 1. The van der Waals surface area contributed by atoms with Crippen molar-refractivity contribution in [3.8, 4) is 11.5 Å². The Balaban J connectivity index is 1.78. The molecule has 1 aromatic heterocycles. The van der Waals surface area contributed by atoms with E-state index in [1.54, 1.807) is 30.6 Å². The average Bonchev–Trinajstić information content (AvgIpc) is 2.65. The summed E-state index contributed by atoms with van der Waals surface area (Å²) in [6, 6.07) is 12.8. The fraction of sp³-hybridized carbons (Fsp3) is 0.250. The Labute approximate surface area is 187 Å². The maximum absolute atomic E-state index is 12.3. The topological polar surface area (TPSA) is 51.2 Å². The standard InChI is InChI=1S/C24H24Cl2N2O2/c1-15-7-8-18(13-19(15)24(2,3)4)30-23-20(25)11-17(12-21(23)26)28-22(29)10-16-6-5-9-27-14-16/h5-9,11-14H,10H2,1-4H3,(H,28,29). The smallest absolute Gasteiger partial charge is 0.228 e. The van der Waals surface area contributed by atoms with Crippen molar-refractivity contribution >= 4 is 34.8 Å². The number of halogens is 2. The molecular formula is C24H24Cl2N2O2. The number of hydrogen-bond acceptors (Lipinski definition) is 3. The number of aryl methyl sites for hydroxylation is 1. The van der Waals surface area contributed by atoms with Crippen LogP contribution in [-0.2, 0) is 16.6 Å². The van der Waals surface area contributed by atoms with Gasteiger partial charge in [0.2, 0.25) is 5.91 Å². The van der Waals surface area contributed by atoms with Crippen molar-refractivity contribution in [3.05, 3.63) is 81.6 Å². The predicted octanol–water partition coefficient (Wildman–Crippen LogP) is 6.97. The maximum atomic E-state index is 12.3. The summed E-state index contributed by atoms with van der Waals surface area (Å²) in [5.41, 5.74) is 3.69. The molecule has 1 N–H and O–H groups in total. The van der Waals surface area contributed by atoms with Gasteiger partial charge in [-0.15, -0.1) is 0 Å². The first-order chi connectivity index (χ1) is 14.1. The van der Waals surface area contributed by atoms with Crippen molar-refractivity contribution in [1.29, 1.82) is 0 Å². The summed E-state index contributed by atoms with van der Waals surface area (Å²) in [5.74, 6) is 0.826. The van der Waals surface area contributed by atoms with Crippen LogP contribution in [-0.4, -0.2) is 10.9 Å². The summed E-state index contributed by atoms with van der Waals surface area (Å²) >= 11 is 12.8. The highest BCUT2D eigenvalue weighted by Crippen LogP contribution is 2.40. The van der Waals surface area contributed by atoms with Crippen LogP contribution in [0.1, 0.15) is 37.5 Å². The molecule has 2 aromatic carbocycles. The van der Waals surface area contributed by atoms with E-state index in [-0.39, 0.29) is 17.7 Å². The van der Waals surface area contributed by atoms with E-state index in [4.69, 9.17) is 27.9 Å². The Bertz CT molecular complexity index is 1040. The summed E-state index contributed by atoms with van der Waals surface area (Å²) in [6.07, 6.45) is 3.53. The van der Waals surface area contributed by atoms with Crippen LogP contribution >= 0.6 is 23.2 Å². The Morgan fingerprint density at radius 1 is 1.10 bits per heavy atom. The van der Waals surface area contributed by atoms with E-state index in [0.717, 1.165) is 5.56 Å². The highest BCUT2D eigenvalue weighted by molar-refractivity contribution is 6.37. The maximum Gasteiger partial charge on any atom is 0.228 e. The molecule has 0 saturated carbocycles. The van der Waals surface area contributed by atoms with Gasteiger partial charge in [-0.25, -0.2) is 0 Å². The molecule has 1 amide bonds. The largest absolute Gasteiger partial charge is 0.454 e. The molecule has 0 fully saturated rings. The van der Waals surface area contributed by atoms with Gasteiger partial charge >= 0.3 is 0 Å². The highest BCUT2D eigenvalue weighted by atomic mass is 35.5. The van der Waals surface area contributed by atoms with Crippen LogP contribution in [0.2, 0.25) is 10.0 Å². The zero-order valence-corrected chi connectivity index (χ0v) is 18.9. The SMILES string of the molecule is Cc1ccc(Oc2c(Cl)cc(NC(=O)Cc3cccnc3)cc2Cl)cc1C(C)(C)C. The third-order valence-corrected chi connectivity index (χ3v) is 5.17. The number of anilines is 1. The first-order valence-electron chi connectivity index (χ1n) is 9.60. The number of benzene rings is 2. The number of rotatable bonds is 5. The molecule has 30 heavy (non-hydrogen) atoms. The molecule has 0 radical (unpaired) electrons. The van der Waals surface area contributed by atoms with Crippen LogP contribution in [0.5, 0.6) is 11.5 Å². The third kappa shape index (κ3) is 5.53. The summed E-state index contributed by atoms with van der Waals surface area (Å²) in [5, 5.41) is 3.44. The molecule has 0 atom stereocenters. The van der Waals surface area contributed by atoms with Crippen molar-refractivity contribution in [2.75, 3.05) is 5.32 Å². The van der Waals surface area contributed by atoms with Gasteiger partial charge in [0, 0.05) is 18.1 Å². The van der Waals surface area contributed by atoms with Gasteiger partial charge in [0.25, 0.3) is 0 Å². The first kappa shape index (κ1) is 22.1. The predicted molar refractivity (Wildman–Crippen MR) is 123 cm³/mol. The minimum absolute atomic E-state index is 0.0144. The number of pyridine rings is 1. The van der Waals surface area contributed by atoms with Crippen LogP contribution in [0.4, 0.5) is 5.69 Å². The van der Waals surface area contributed by atoms with Crippen molar-refractivity contribution in [1.82, 2.24) is 4.98 Å². The summed E-state index contributed by atoms with van der Waals surface area (Å²) in [7, 11) is 0. The van der Waals surface area contributed by atoms with Gasteiger partial charge in [-0.1, -0.05) is 56.1 Å². The van der Waals surface area contributed by atoms with Crippen LogP contribution in [0.15, 0.2) is 54.9 Å². The van der Waals surface area contributed by atoms with E-state index >= 15 is 0 Å². The minimum atomic E-state index is -0.183. The fourth-order valence-electron chi connectivity index (χ4n) is 3.21. The molecule has 6 heteroatoms. The monoisotopic (exact) mass is 442 g/mol. The highest BCUT2D eigenvalue weighted by Gasteiger charge is 2.18. The Morgan fingerprint density at radius 2 is 1.80 bits per heavy atom. The van der Waals surface area contributed by atoms with E-state index in [1.165, 1.54) is 11.1 Å². The lowest BCUT2D eigenvalue weighted by Crippen LogP contribution is -2.14. The molecule has 3 aromatic rings. The van der Waals surface area contributed by atoms with Crippen molar-refractivity contribution < 1.29 is 9.53 Å². The van der Waals surface area contributed by atoms with Gasteiger partial charge in [0.05, 0.1) is 16.5 Å². The lowest BCUT2D eigenvalue weighted by atomic mass is 9.84. The van der Waals surface area contributed by atoms with Crippen LogP contribution in [0.25, 0.3) is 0 Å². The van der Waals surface area contributed by atoms with Gasteiger partial charge in [-0.3, -0.25) is 9.78 Å². The van der Waals surface area contributed by atoms with Crippen LogP contribution < -0.4 is 10.1 Å². The number of amides is 1. The molecule has 0 aliphatic heterocycles.